The lowest BCUT2D eigenvalue weighted by molar-refractivity contribution is -0.137. The highest BCUT2D eigenvalue weighted by Gasteiger charge is 2.32. The average Bonchev–Trinajstić information content (AvgIpc) is 3.35. The van der Waals surface area contributed by atoms with Crippen molar-refractivity contribution in [2.45, 2.75) is 25.2 Å². The highest BCUT2D eigenvalue weighted by molar-refractivity contribution is 6.07. The normalized spacial score (nSPS) is 15.2. The standard InChI is InChI=1S/C24H22F3N5O4/c25-24(26,27)16-10-17(12-18(11-16)32-23(34)36-19-5-9-35-14-19)31-22(33)20-2-1-6-29-21(20)30-13-15-3-7-28-8-4-15/h1-4,6-8,10-12,19H,5,9,13-14H2,(H,29,30)(H,31,33)(H,32,34)/t19-/m0/s1. The van der Waals surface area contributed by atoms with E-state index < -0.39 is 29.8 Å². The third-order valence-electron chi connectivity index (χ3n) is 5.19. The van der Waals surface area contributed by atoms with Crippen molar-refractivity contribution in [1.82, 2.24) is 9.97 Å². The Kier molecular flexibility index (Phi) is 7.64. The summed E-state index contributed by atoms with van der Waals surface area (Å²) in [6.45, 7) is 1.01. The maximum absolute atomic E-state index is 13.5. The molecule has 3 aromatic rings. The number of alkyl halides is 3. The van der Waals surface area contributed by atoms with Crippen molar-refractivity contribution < 1.29 is 32.2 Å². The number of benzene rings is 1. The summed E-state index contributed by atoms with van der Waals surface area (Å²) in [5.41, 5.74) is -0.391. The van der Waals surface area contributed by atoms with Gasteiger partial charge in [0, 0.05) is 42.9 Å². The van der Waals surface area contributed by atoms with Gasteiger partial charge in [-0.1, -0.05) is 0 Å². The summed E-state index contributed by atoms with van der Waals surface area (Å²) < 4.78 is 50.8. The second-order valence-electron chi connectivity index (χ2n) is 7.88. The number of hydrogen-bond acceptors (Lipinski definition) is 7. The predicted octanol–water partition coefficient (Wildman–Crippen LogP) is 4.70. The number of nitrogens with one attached hydrogen (secondary N) is 3. The molecule has 1 aliphatic rings. The van der Waals surface area contributed by atoms with E-state index in [9.17, 15) is 22.8 Å². The number of rotatable bonds is 7. The maximum Gasteiger partial charge on any atom is 0.416 e. The number of anilines is 3. The van der Waals surface area contributed by atoms with Crippen LogP contribution in [0.5, 0.6) is 0 Å². The van der Waals surface area contributed by atoms with E-state index >= 15 is 0 Å². The molecule has 1 saturated heterocycles. The number of hydrogen-bond donors (Lipinski definition) is 3. The number of ether oxygens (including phenoxy) is 2. The minimum Gasteiger partial charge on any atom is -0.443 e. The van der Waals surface area contributed by atoms with Crippen LogP contribution in [0.1, 0.15) is 27.9 Å². The number of nitrogens with zero attached hydrogens (tertiary/aromatic N) is 2. The Morgan fingerprint density at radius 3 is 2.50 bits per heavy atom. The van der Waals surface area contributed by atoms with E-state index in [4.69, 9.17) is 9.47 Å². The van der Waals surface area contributed by atoms with Gasteiger partial charge in [-0.25, -0.2) is 9.78 Å². The fourth-order valence-corrected chi connectivity index (χ4v) is 3.45. The third-order valence-corrected chi connectivity index (χ3v) is 5.19. The van der Waals surface area contributed by atoms with Gasteiger partial charge in [0.05, 0.1) is 24.3 Å². The molecule has 1 atom stereocenters. The first-order chi connectivity index (χ1) is 17.3. The third kappa shape index (κ3) is 6.69. The molecular formula is C24H22F3N5O4. The van der Waals surface area contributed by atoms with E-state index in [0.717, 1.165) is 17.7 Å². The summed E-state index contributed by atoms with van der Waals surface area (Å²) in [5, 5.41) is 7.78. The molecule has 0 aliphatic carbocycles. The number of amides is 2. The van der Waals surface area contributed by atoms with Crippen LogP contribution in [0.3, 0.4) is 0 Å². The van der Waals surface area contributed by atoms with Crippen LogP contribution in [0.15, 0.2) is 61.1 Å². The van der Waals surface area contributed by atoms with Gasteiger partial charge in [-0.2, -0.15) is 13.2 Å². The first kappa shape index (κ1) is 24.9. The summed E-state index contributed by atoms with van der Waals surface area (Å²) >= 11 is 0. The molecule has 0 saturated carbocycles. The van der Waals surface area contributed by atoms with E-state index in [0.29, 0.717) is 19.6 Å². The van der Waals surface area contributed by atoms with Crippen molar-refractivity contribution in [3.05, 3.63) is 77.7 Å². The van der Waals surface area contributed by atoms with E-state index in [1.807, 2.05) is 0 Å². The van der Waals surface area contributed by atoms with Gasteiger partial charge in [0.25, 0.3) is 5.91 Å². The Morgan fingerprint density at radius 2 is 1.81 bits per heavy atom. The Bertz CT molecular complexity index is 1220. The smallest absolute Gasteiger partial charge is 0.416 e. The summed E-state index contributed by atoms with van der Waals surface area (Å²) in [4.78, 5) is 33.2. The van der Waals surface area contributed by atoms with E-state index in [2.05, 4.69) is 25.9 Å². The van der Waals surface area contributed by atoms with Gasteiger partial charge in [-0.15, -0.1) is 0 Å². The molecule has 0 bridgehead atoms. The molecule has 0 spiro atoms. The Morgan fingerprint density at radius 1 is 1.06 bits per heavy atom. The van der Waals surface area contributed by atoms with Crippen LogP contribution in [0.25, 0.3) is 0 Å². The van der Waals surface area contributed by atoms with Crippen molar-refractivity contribution in [3.8, 4) is 0 Å². The monoisotopic (exact) mass is 501 g/mol. The second kappa shape index (κ2) is 11.0. The van der Waals surface area contributed by atoms with E-state index in [-0.39, 0.29) is 29.4 Å². The Labute approximate surface area is 204 Å². The molecule has 1 aliphatic heterocycles. The topological polar surface area (TPSA) is 114 Å². The van der Waals surface area contributed by atoms with Crippen LogP contribution in [0, 0.1) is 0 Å². The van der Waals surface area contributed by atoms with Crippen LogP contribution >= 0.6 is 0 Å². The van der Waals surface area contributed by atoms with E-state index in [1.165, 1.54) is 24.4 Å². The van der Waals surface area contributed by atoms with Gasteiger partial charge in [-0.3, -0.25) is 15.1 Å². The van der Waals surface area contributed by atoms with Crippen LogP contribution in [-0.4, -0.2) is 41.3 Å². The molecule has 1 fully saturated rings. The Balaban J connectivity index is 1.51. The molecule has 3 N–H and O–H groups in total. The van der Waals surface area contributed by atoms with Gasteiger partial charge < -0.3 is 20.1 Å². The average molecular weight is 501 g/mol. The van der Waals surface area contributed by atoms with Gasteiger partial charge in [-0.05, 0) is 48.0 Å². The van der Waals surface area contributed by atoms with Gasteiger partial charge in [0.1, 0.15) is 11.9 Å². The van der Waals surface area contributed by atoms with Crippen LogP contribution in [-0.2, 0) is 22.2 Å². The molecule has 12 heteroatoms. The summed E-state index contributed by atoms with van der Waals surface area (Å²) in [6.07, 6.45) is -0.875. The van der Waals surface area contributed by atoms with Gasteiger partial charge >= 0.3 is 12.3 Å². The van der Waals surface area contributed by atoms with Crippen LogP contribution in [0.4, 0.5) is 35.2 Å². The lowest BCUT2D eigenvalue weighted by Gasteiger charge is -2.16. The van der Waals surface area contributed by atoms with Crippen LogP contribution in [0.2, 0.25) is 0 Å². The number of carbonyl (C=O) groups is 2. The van der Waals surface area contributed by atoms with Crippen LogP contribution < -0.4 is 16.0 Å². The second-order valence-corrected chi connectivity index (χ2v) is 7.88. The first-order valence-electron chi connectivity index (χ1n) is 10.9. The molecule has 2 aromatic heterocycles. The minimum absolute atomic E-state index is 0.124. The molecule has 4 rings (SSSR count). The molecule has 1 aromatic carbocycles. The predicted molar refractivity (Wildman–Crippen MR) is 125 cm³/mol. The van der Waals surface area contributed by atoms with Crippen molar-refractivity contribution in [3.63, 3.8) is 0 Å². The summed E-state index contributed by atoms with van der Waals surface area (Å²) in [5.74, 6) is -0.434. The highest BCUT2D eigenvalue weighted by atomic mass is 19.4. The quantitative estimate of drug-likeness (QED) is 0.430. The molecule has 36 heavy (non-hydrogen) atoms. The summed E-state index contributed by atoms with van der Waals surface area (Å²) in [7, 11) is 0. The van der Waals surface area contributed by atoms with Crippen molar-refractivity contribution in [2.24, 2.45) is 0 Å². The first-order valence-corrected chi connectivity index (χ1v) is 10.9. The fourth-order valence-electron chi connectivity index (χ4n) is 3.45. The van der Waals surface area contributed by atoms with Crippen molar-refractivity contribution in [2.75, 3.05) is 29.2 Å². The maximum atomic E-state index is 13.5. The molecular weight excluding hydrogens is 479 g/mol. The molecule has 3 heterocycles. The molecule has 9 nitrogen and oxygen atoms in total. The number of halogens is 3. The lowest BCUT2D eigenvalue weighted by Crippen LogP contribution is -2.23. The van der Waals surface area contributed by atoms with Crippen molar-refractivity contribution in [1.29, 1.82) is 0 Å². The zero-order chi connectivity index (χ0) is 25.5. The zero-order valence-electron chi connectivity index (χ0n) is 18.8. The van der Waals surface area contributed by atoms with Gasteiger partial charge in [0.15, 0.2) is 0 Å². The molecule has 188 valence electrons. The number of carbonyl (C=O) groups excluding carboxylic acids is 2. The zero-order valence-corrected chi connectivity index (χ0v) is 18.8. The minimum atomic E-state index is -4.72. The number of aromatic nitrogens is 2. The number of pyridine rings is 2. The highest BCUT2D eigenvalue weighted by Crippen LogP contribution is 2.34. The van der Waals surface area contributed by atoms with Crippen molar-refractivity contribution >= 4 is 29.2 Å². The Hall–Kier alpha value is -4.19. The van der Waals surface area contributed by atoms with Gasteiger partial charge in [0.2, 0.25) is 0 Å². The summed E-state index contributed by atoms with van der Waals surface area (Å²) in [6, 6.07) is 9.35. The SMILES string of the molecule is O=C(Nc1cc(NC(=O)c2cccnc2NCc2ccncc2)cc(C(F)(F)F)c1)O[C@H]1CCOC1. The molecule has 0 unspecified atom stereocenters. The largest absolute Gasteiger partial charge is 0.443 e. The fraction of sp³-hybridized carbons (Fsp3) is 0.250. The molecule has 0 radical (unpaired) electrons. The molecule has 2 amide bonds. The van der Waals surface area contributed by atoms with E-state index in [1.54, 1.807) is 24.5 Å². The lowest BCUT2D eigenvalue weighted by atomic mass is 10.1.